The molecule has 0 aliphatic carbocycles. The van der Waals surface area contributed by atoms with Crippen LogP contribution in [-0.4, -0.2) is 11.8 Å². The number of rotatable bonds is 7. The molecule has 7 heteroatoms. The quantitative estimate of drug-likeness (QED) is 0.278. The minimum atomic E-state index is -0.446. The van der Waals surface area contributed by atoms with Crippen molar-refractivity contribution in [3.8, 4) is 0 Å². The number of anilines is 2. The number of thiophene rings is 1. The predicted molar refractivity (Wildman–Crippen MR) is 134 cm³/mol. The van der Waals surface area contributed by atoms with Crippen molar-refractivity contribution in [1.29, 1.82) is 0 Å². The molecule has 0 saturated heterocycles. The van der Waals surface area contributed by atoms with E-state index in [1.54, 1.807) is 30.3 Å². The summed E-state index contributed by atoms with van der Waals surface area (Å²) < 4.78 is 0. The van der Waals surface area contributed by atoms with Crippen molar-refractivity contribution < 1.29 is 9.59 Å². The lowest BCUT2D eigenvalue weighted by molar-refractivity contribution is -0.115. The lowest BCUT2D eigenvalue weighted by Gasteiger charge is -2.17. The molecule has 1 aromatic heterocycles. The summed E-state index contributed by atoms with van der Waals surface area (Å²) in [4.78, 5) is 26.9. The van der Waals surface area contributed by atoms with Crippen LogP contribution < -0.4 is 10.6 Å². The van der Waals surface area contributed by atoms with Gasteiger partial charge in [0.25, 0.3) is 5.91 Å². The summed E-state index contributed by atoms with van der Waals surface area (Å²) in [6.45, 7) is 0. The second-order valence-electron chi connectivity index (χ2n) is 6.86. The van der Waals surface area contributed by atoms with E-state index >= 15 is 0 Å². The van der Waals surface area contributed by atoms with Crippen molar-refractivity contribution >= 4 is 57.9 Å². The third kappa shape index (κ3) is 5.79. The number of hydrogen-bond donors (Lipinski definition) is 2. The van der Waals surface area contributed by atoms with Crippen molar-refractivity contribution in [2.24, 2.45) is 0 Å². The van der Waals surface area contributed by atoms with E-state index in [0.717, 1.165) is 10.5 Å². The molecule has 2 amide bonds. The van der Waals surface area contributed by atoms with Gasteiger partial charge in [0.2, 0.25) is 5.91 Å². The van der Waals surface area contributed by atoms with Crippen molar-refractivity contribution in [2.75, 3.05) is 10.6 Å². The molecule has 0 fully saturated rings. The van der Waals surface area contributed by atoms with Crippen LogP contribution in [0.4, 0.5) is 11.4 Å². The normalized spacial score (nSPS) is 11.5. The molecule has 32 heavy (non-hydrogen) atoms. The minimum absolute atomic E-state index is 0.126. The van der Waals surface area contributed by atoms with Crippen LogP contribution in [0.1, 0.15) is 20.5 Å². The summed E-state index contributed by atoms with van der Waals surface area (Å²) in [7, 11) is 0. The monoisotopic (exact) mass is 478 g/mol. The van der Waals surface area contributed by atoms with Gasteiger partial charge in [0.05, 0.1) is 4.88 Å². The van der Waals surface area contributed by atoms with Gasteiger partial charge in [0.15, 0.2) is 0 Å². The van der Waals surface area contributed by atoms with E-state index in [4.69, 9.17) is 11.6 Å². The minimum Gasteiger partial charge on any atom is -0.325 e. The molecule has 3 aromatic carbocycles. The molecular formula is C25H19ClN2O2S2. The van der Waals surface area contributed by atoms with E-state index < -0.39 is 5.25 Å². The first-order valence-corrected chi connectivity index (χ1v) is 12.0. The van der Waals surface area contributed by atoms with Crippen LogP contribution in [0, 0.1) is 0 Å². The van der Waals surface area contributed by atoms with E-state index in [2.05, 4.69) is 10.6 Å². The largest absolute Gasteiger partial charge is 0.325 e. The second-order valence-corrected chi connectivity index (χ2v) is 9.42. The van der Waals surface area contributed by atoms with Gasteiger partial charge in [-0.15, -0.1) is 23.1 Å². The SMILES string of the molecule is O=C(Nc1ccc(SC(C(=O)Nc2ccc(Cl)cc2)c2ccccc2)cc1)c1cccs1. The molecule has 2 N–H and O–H groups in total. The molecule has 0 aliphatic rings. The Morgan fingerprint density at radius 2 is 1.44 bits per heavy atom. The van der Waals surface area contributed by atoms with Crippen LogP contribution in [0.3, 0.4) is 0 Å². The number of benzene rings is 3. The zero-order valence-electron chi connectivity index (χ0n) is 16.8. The lowest BCUT2D eigenvalue weighted by atomic mass is 10.1. The first-order chi connectivity index (χ1) is 15.6. The molecule has 0 saturated carbocycles. The van der Waals surface area contributed by atoms with Gasteiger partial charge in [-0.2, -0.15) is 0 Å². The molecule has 0 radical (unpaired) electrons. The molecule has 4 rings (SSSR count). The third-order valence-electron chi connectivity index (χ3n) is 4.56. The number of carbonyl (C=O) groups excluding carboxylic acids is 2. The maximum absolute atomic E-state index is 13.1. The molecular weight excluding hydrogens is 460 g/mol. The van der Waals surface area contributed by atoms with Gasteiger partial charge >= 0.3 is 0 Å². The van der Waals surface area contributed by atoms with Gasteiger partial charge in [-0.3, -0.25) is 9.59 Å². The van der Waals surface area contributed by atoms with Gasteiger partial charge in [0, 0.05) is 21.3 Å². The van der Waals surface area contributed by atoms with E-state index in [1.165, 1.54) is 23.1 Å². The van der Waals surface area contributed by atoms with Crippen molar-refractivity contribution in [3.63, 3.8) is 0 Å². The van der Waals surface area contributed by atoms with Crippen LogP contribution in [-0.2, 0) is 4.79 Å². The Morgan fingerprint density at radius 1 is 0.781 bits per heavy atom. The molecule has 1 heterocycles. The number of halogens is 1. The van der Waals surface area contributed by atoms with Gasteiger partial charge in [0.1, 0.15) is 5.25 Å². The van der Waals surface area contributed by atoms with Crippen LogP contribution in [0.25, 0.3) is 0 Å². The smallest absolute Gasteiger partial charge is 0.265 e. The Kier molecular flexibility index (Phi) is 7.27. The number of amides is 2. The highest BCUT2D eigenvalue weighted by atomic mass is 35.5. The molecule has 4 aromatic rings. The Balaban J connectivity index is 1.49. The molecule has 0 aliphatic heterocycles. The summed E-state index contributed by atoms with van der Waals surface area (Å²) in [5.74, 6) is -0.261. The predicted octanol–water partition coefficient (Wildman–Crippen LogP) is 7.13. The molecule has 0 spiro atoms. The van der Waals surface area contributed by atoms with E-state index in [-0.39, 0.29) is 11.8 Å². The number of thioether (sulfide) groups is 1. The van der Waals surface area contributed by atoms with Crippen LogP contribution in [0.5, 0.6) is 0 Å². The number of hydrogen-bond acceptors (Lipinski definition) is 4. The van der Waals surface area contributed by atoms with Crippen LogP contribution in [0.15, 0.2) is 101 Å². The number of nitrogens with one attached hydrogen (secondary N) is 2. The van der Waals surface area contributed by atoms with Crippen LogP contribution in [0.2, 0.25) is 5.02 Å². The molecule has 160 valence electrons. The maximum Gasteiger partial charge on any atom is 0.265 e. The summed E-state index contributed by atoms with van der Waals surface area (Å²) in [6.07, 6.45) is 0. The van der Waals surface area contributed by atoms with Gasteiger partial charge in [-0.25, -0.2) is 0 Å². The summed E-state index contributed by atoms with van der Waals surface area (Å²) in [5, 5.41) is 7.89. The first kappa shape index (κ1) is 22.1. The van der Waals surface area contributed by atoms with Crippen molar-refractivity contribution in [1.82, 2.24) is 0 Å². The molecule has 0 bridgehead atoms. The Bertz CT molecular complexity index is 1180. The summed E-state index contributed by atoms with van der Waals surface area (Å²) in [6, 6.07) is 27.8. The van der Waals surface area contributed by atoms with Crippen LogP contribution >= 0.6 is 34.7 Å². The van der Waals surface area contributed by atoms with Crippen molar-refractivity contribution in [3.05, 3.63) is 112 Å². The third-order valence-corrected chi connectivity index (χ3v) is 6.95. The first-order valence-electron chi connectivity index (χ1n) is 9.81. The van der Waals surface area contributed by atoms with Gasteiger partial charge in [-0.05, 0) is 65.5 Å². The fraction of sp³-hybridized carbons (Fsp3) is 0.0400. The van der Waals surface area contributed by atoms with Crippen molar-refractivity contribution in [2.45, 2.75) is 10.1 Å². The van der Waals surface area contributed by atoms with E-state index in [9.17, 15) is 9.59 Å². The highest BCUT2D eigenvalue weighted by Crippen LogP contribution is 2.36. The van der Waals surface area contributed by atoms with Gasteiger partial charge in [-0.1, -0.05) is 48.0 Å². The molecule has 1 unspecified atom stereocenters. The standard InChI is InChI=1S/C25H19ClN2O2S2/c26-18-8-10-19(11-9-18)28-25(30)23(17-5-2-1-3-6-17)32-21-14-12-20(13-15-21)27-24(29)22-7-4-16-31-22/h1-16,23H,(H,27,29)(H,28,30). The maximum atomic E-state index is 13.1. The van der Waals surface area contributed by atoms with E-state index in [1.807, 2.05) is 66.0 Å². The molecule has 4 nitrogen and oxygen atoms in total. The van der Waals surface area contributed by atoms with E-state index in [0.29, 0.717) is 21.3 Å². The Labute approximate surface area is 199 Å². The zero-order chi connectivity index (χ0) is 22.3. The fourth-order valence-electron chi connectivity index (χ4n) is 3.00. The Hall–Kier alpha value is -3.06. The summed E-state index contributed by atoms with van der Waals surface area (Å²) in [5.41, 5.74) is 2.29. The second kappa shape index (κ2) is 10.5. The highest BCUT2D eigenvalue weighted by Gasteiger charge is 2.22. The lowest BCUT2D eigenvalue weighted by Crippen LogP contribution is -2.19. The fourth-order valence-corrected chi connectivity index (χ4v) is 4.76. The topological polar surface area (TPSA) is 58.2 Å². The summed E-state index contributed by atoms with van der Waals surface area (Å²) >= 11 is 8.79. The number of carbonyl (C=O) groups is 2. The molecule has 1 atom stereocenters. The van der Waals surface area contributed by atoms with Gasteiger partial charge < -0.3 is 10.6 Å². The zero-order valence-corrected chi connectivity index (χ0v) is 19.2. The average Bonchev–Trinajstić information content (AvgIpc) is 3.36. The average molecular weight is 479 g/mol. The Morgan fingerprint density at radius 3 is 2.09 bits per heavy atom. The highest BCUT2D eigenvalue weighted by molar-refractivity contribution is 8.00.